The molecule has 0 saturated carbocycles. The maximum atomic E-state index is 12.7. The van der Waals surface area contributed by atoms with Crippen LogP contribution >= 0.6 is 11.3 Å². The fourth-order valence-corrected chi connectivity index (χ4v) is 4.38. The number of thiazole rings is 1. The number of rotatable bonds is 5. The lowest BCUT2D eigenvalue weighted by Crippen LogP contribution is -2.30. The molecule has 0 radical (unpaired) electrons. The first-order valence-electron chi connectivity index (χ1n) is 9.35. The molecule has 0 N–H and O–H groups in total. The fraction of sp³-hybridized carbons (Fsp3) is 0.526. The Kier molecular flexibility index (Phi) is 5.06. The largest absolute Gasteiger partial charge is 0.485 e. The molecule has 0 spiro atoms. The molecule has 0 unspecified atom stereocenters. The van der Waals surface area contributed by atoms with Crippen molar-refractivity contribution in [1.82, 2.24) is 14.9 Å². The summed E-state index contributed by atoms with van der Waals surface area (Å²) in [7, 11) is 0. The van der Waals surface area contributed by atoms with Crippen LogP contribution < -0.4 is 9.64 Å². The van der Waals surface area contributed by atoms with Crippen LogP contribution in [0.4, 0.5) is 5.82 Å². The van der Waals surface area contributed by atoms with Crippen LogP contribution in [0.2, 0.25) is 0 Å². The number of nitrogens with zero attached hydrogens (tertiary/aromatic N) is 4. The number of hydrogen-bond donors (Lipinski definition) is 0. The number of hydrogen-bond acceptors (Lipinski definition) is 6. The van der Waals surface area contributed by atoms with Crippen LogP contribution in [-0.2, 0) is 6.42 Å². The van der Waals surface area contributed by atoms with Crippen molar-refractivity contribution < 1.29 is 9.53 Å². The third-order valence-electron chi connectivity index (χ3n) is 4.95. The second kappa shape index (κ2) is 7.61. The van der Waals surface area contributed by atoms with Crippen molar-refractivity contribution in [2.75, 3.05) is 31.1 Å². The summed E-state index contributed by atoms with van der Waals surface area (Å²) in [6.07, 6.45) is 7.66. The Morgan fingerprint density at radius 3 is 2.92 bits per heavy atom. The number of anilines is 1. The highest BCUT2D eigenvalue weighted by molar-refractivity contribution is 7.13. The van der Waals surface area contributed by atoms with Crippen LogP contribution in [0.25, 0.3) is 0 Å². The molecule has 7 heteroatoms. The van der Waals surface area contributed by atoms with Gasteiger partial charge >= 0.3 is 0 Å². The molecule has 2 fully saturated rings. The van der Waals surface area contributed by atoms with Gasteiger partial charge in [-0.05, 0) is 31.4 Å². The Labute approximate surface area is 157 Å². The molecule has 138 valence electrons. The number of likely N-dealkylation sites (tertiary alicyclic amines) is 1. The highest BCUT2D eigenvalue weighted by Gasteiger charge is 2.30. The average Bonchev–Trinajstić information content (AvgIpc) is 3.42. The standard InChI is InChI=1S/C19H24N4O2S/c1-2-17-21-12-16(26-17)19(24)23-11-7-14(13-23)25-15-6-5-8-20-18(15)22-9-3-4-10-22/h5-6,8,12,14H,2-4,7,9-11,13H2,1H3/t14-/m0/s1. The molecular weight excluding hydrogens is 348 g/mol. The zero-order chi connectivity index (χ0) is 17.9. The van der Waals surface area contributed by atoms with Crippen LogP contribution in [0.3, 0.4) is 0 Å². The third kappa shape index (κ3) is 3.53. The van der Waals surface area contributed by atoms with E-state index >= 15 is 0 Å². The molecule has 26 heavy (non-hydrogen) atoms. The van der Waals surface area contributed by atoms with Crippen molar-refractivity contribution in [2.24, 2.45) is 0 Å². The fourth-order valence-electron chi connectivity index (χ4n) is 3.56. The van der Waals surface area contributed by atoms with Gasteiger partial charge in [0.15, 0.2) is 11.6 Å². The molecule has 4 heterocycles. The maximum Gasteiger partial charge on any atom is 0.265 e. The summed E-state index contributed by atoms with van der Waals surface area (Å²) < 4.78 is 6.25. The summed E-state index contributed by atoms with van der Waals surface area (Å²) >= 11 is 1.49. The van der Waals surface area contributed by atoms with Gasteiger partial charge in [0.25, 0.3) is 5.91 Å². The van der Waals surface area contributed by atoms with Gasteiger partial charge in [-0.1, -0.05) is 6.92 Å². The van der Waals surface area contributed by atoms with E-state index in [4.69, 9.17) is 4.74 Å². The Bertz CT molecular complexity index is 772. The first kappa shape index (κ1) is 17.3. The molecule has 0 aliphatic carbocycles. The lowest BCUT2D eigenvalue weighted by atomic mass is 10.3. The minimum absolute atomic E-state index is 0.0167. The van der Waals surface area contributed by atoms with Gasteiger partial charge < -0.3 is 14.5 Å². The van der Waals surface area contributed by atoms with Crippen LogP contribution in [0.5, 0.6) is 5.75 Å². The smallest absolute Gasteiger partial charge is 0.265 e. The second-order valence-electron chi connectivity index (χ2n) is 6.77. The predicted molar refractivity (Wildman–Crippen MR) is 102 cm³/mol. The normalized spacial score (nSPS) is 20.0. The summed E-state index contributed by atoms with van der Waals surface area (Å²) in [6.45, 7) is 5.47. The first-order valence-corrected chi connectivity index (χ1v) is 10.2. The number of carbonyl (C=O) groups is 1. The second-order valence-corrected chi connectivity index (χ2v) is 7.89. The Hall–Kier alpha value is -2.15. The summed E-state index contributed by atoms with van der Waals surface area (Å²) in [5.74, 6) is 1.84. The van der Waals surface area contributed by atoms with Crippen LogP contribution in [0.1, 0.15) is 40.9 Å². The summed E-state index contributed by atoms with van der Waals surface area (Å²) in [6, 6.07) is 3.90. The Balaban J connectivity index is 1.41. The number of amides is 1. The zero-order valence-electron chi connectivity index (χ0n) is 15.1. The summed E-state index contributed by atoms with van der Waals surface area (Å²) in [4.78, 5) is 26.4. The van der Waals surface area contributed by atoms with E-state index in [1.807, 2.05) is 23.2 Å². The number of aromatic nitrogens is 2. The minimum atomic E-state index is 0.0167. The Morgan fingerprint density at radius 2 is 2.15 bits per heavy atom. The monoisotopic (exact) mass is 372 g/mol. The lowest BCUT2D eigenvalue weighted by Gasteiger charge is -2.22. The number of ether oxygens (including phenoxy) is 1. The lowest BCUT2D eigenvalue weighted by molar-refractivity contribution is 0.0777. The predicted octanol–water partition coefficient (Wildman–Crippen LogP) is 2.99. The van der Waals surface area contributed by atoms with Gasteiger partial charge in [0, 0.05) is 32.3 Å². The molecule has 6 nitrogen and oxygen atoms in total. The minimum Gasteiger partial charge on any atom is -0.485 e. The van der Waals surface area contributed by atoms with Crippen molar-refractivity contribution in [2.45, 2.75) is 38.7 Å². The quantitative estimate of drug-likeness (QED) is 0.808. The van der Waals surface area contributed by atoms with E-state index in [-0.39, 0.29) is 12.0 Å². The van der Waals surface area contributed by atoms with Crippen LogP contribution in [0.15, 0.2) is 24.5 Å². The van der Waals surface area contributed by atoms with Gasteiger partial charge in [-0.2, -0.15) is 0 Å². The molecule has 0 bridgehead atoms. The SMILES string of the molecule is CCc1ncc(C(=O)N2CC[C@H](Oc3cccnc3N3CCCC3)C2)s1. The highest BCUT2D eigenvalue weighted by Crippen LogP contribution is 2.30. The van der Waals surface area contributed by atoms with Crippen molar-refractivity contribution in [3.05, 3.63) is 34.4 Å². The number of pyridine rings is 1. The van der Waals surface area contributed by atoms with Crippen LogP contribution in [-0.4, -0.2) is 53.1 Å². The molecular formula is C19H24N4O2S. The molecule has 2 aromatic heterocycles. The highest BCUT2D eigenvalue weighted by atomic mass is 32.1. The first-order chi connectivity index (χ1) is 12.7. The molecule has 1 amide bonds. The van der Waals surface area contributed by atoms with Gasteiger partial charge in [0.1, 0.15) is 11.0 Å². The number of carbonyl (C=O) groups excluding carboxylic acids is 1. The van der Waals surface area contributed by atoms with Crippen molar-refractivity contribution >= 4 is 23.1 Å². The molecule has 2 aromatic rings. The molecule has 2 aliphatic rings. The van der Waals surface area contributed by atoms with E-state index in [1.54, 1.807) is 6.20 Å². The van der Waals surface area contributed by atoms with E-state index in [9.17, 15) is 4.79 Å². The molecule has 2 aliphatic heterocycles. The average molecular weight is 372 g/mol. The van der Waals surface area contributed by atoms with Gasteiger partial charge in [-0.25, -0.2) is 9.97 Å². The molecule has 1 atom stereocenters. The van der Waals surface area contributed by atoms with Crippen molar-refractivity contribution in [3.63, 3.8) is 0 Å². The molecule has 2 saturated heterocycles. The van der Waals surface area contributed by atoms with Gasteiger partial charge in [0.2, 0.25) is 0 Å². The molecule has 0 aromatic carbocycles. The van der Waals surface area contributed by atoms with E-state index in [1.165, 1.54) is 24.2 Å². The zero-order valence-corrected chi connectivity index (χ0v) is 15.9. The van der Waals surface area contributed by atoms with Crippen LogP contribution in [0, 0.1) is 0 Å². The van der Waals surface area contributed by atoms with Crippen molar-refractivity contribution in [1.29, 1.82) is 0 Å². The maximum absolute atomic E-state index is 12.7. The Morgan fingerprint density at radius 1 is 1.31 bits per heavy atom. The van der Waals surface area contributed by atoms with E-state index in [2.05, 4.69) is 21.8 Å². The third-order valence-corrected chi connectivity index (χ3v) is 6.08. The van der Waals surface area contributed by atoms with Gasteiger partial charge in [-0.15, -0.1) is 11.3 Å². The molecule has 4 rings (SSSR count). The summed E-state index contributed by atoms with van der Waals surface area (Å²) in [5.41, 5.74) is 0. The van der Waals surface area contributed by atoms with E-state index < -0.39 is 0 Å². The van der Waals surface area contributed by atoms with E-state index in [0.717, 1.165) is 53.9 Å². The van der Waals surface area contributed by atoms with Gasteiger partial charge in [0.05, 0.1) is 17.7 Å². The van der Waals surface area contributed by atoms with Gasteiger partial charge in [-0.3, -0.25) is 4.79 Å². The summed E-state index contributed by atoms with van der Waals surface area (Å²) in [5, 5.41) is 1.01. The van der Waals surface area contributed by atoms with E-state index in [0.29, 0.717) is 6.54 Å². The number of aryl methyl sites for hydroxylation is 1. The van der Waals surface area contributed by atoms with Crippen molar-refractivity contribution in [3.8, 4) is 5.75 Å². The topological polar surface area (TPSA) is 58.6 Å².